The molecule has 0 saturated heterocycles. The molecule has 0 aliphatic heterocycles. The molecule has 0 N–H and O–H groups in total. The van der Waals surface area contributed by atoms with Crippen LogP contribution in [0.2, 0.25) is 0 Å². The molecule has 0 spiro atoms. The SMILES string of the molecule is [CH2-]CC(=O)OC.[CH2-]CC(=O)OC.[Y]. The van der Waals surface area contributed by atoms with Crippen LogP contribution in [0.15, 0.2) is 0 Å². The van der Waals surface area contributed by atoms with Gasteiger partial charge in [0.15, 0.2) is 0 Å². The Labute approximate surface area is 104 Å². The summed E-state index contributed by atoms with van der Waals surface area (Å²) in [4.78, 5) is 19.8. The van der Waals surface area contributed by atoms with Crippen LogP contribution in [0.3, 0.4) is 0 Å². The van der Waals surface area contributed by atoms with Gasteiger partial charge in [-0.25, -0.2) is 0 Å². The van der Waals surface area contributed by atoms with Crippen molar-refractivity contribution >= 4 is 11.9 Å². The Kier molecular flexibility index (Phi) is 21.0. The molecule has 0 aromatic carbocycles. The minimum absolute atomic E-state index is 0. The maximum absolute atomic E-state index is 9.90. The fraction of sp³-hybridized carbons (Fsp3) is 0.500. The van der Waals surface area contributed by atoms with Crippen molar-refractivity contribution in [3.63, 3.8) is 0 Å². The van der Waals surface area contributed by atoms with Crippen molar-refractivity contribution in [1.29, 1.82) is 0 Å². The van der Waals surface area contributed by atoms with Crippen LogP contribution in [0.5, 0.6) is 0 Å². The second-order valence-corrected chi connectivity index (χ2v) is 1.65. The molecule has 0 aliphatic rings. The molecule has 0 saturated carbocycles. The summed E-state index contributed by atoms with van der Waals surface area (Å²) in [7, 11) is 2.68. The van der Waals surface area contributed by atoms with Gasteiger partial charge in [-0.1, -0.05) is 12.8 Å². The first-order valence-electron chi connectivity index (χ1n) is 3.34. The summed E-state index contributed by atoms with van der Waals surface area (Å²) >= 11 is 0. The van der Waals surface area contributed by atoms with E-state index in [9.17, 15) is 9.59 Å². The maximum Gasteiger partial charge on any atom is 0.275 e. The molecule has 0 bridgehead atoms. The van der Waals surface area contributed by atoms with Gasteiger partial charge in [0, 0.05) is 32.7 Å². The zero-order valence-corrected chi connectivity index (χ0v) is 10.9. The number of carbonyl (C=O) groups excluding carboxylic acids is 2. The summed E-state index contributed by atoms with van der Waals surface area (Å²) < 4.78 is 8.40. The Bertz CT molecular complexity index is 108. The number of rotatable bonds is 2. The standard InChI is InChI=1S/2C4H7O2.Y/c2*1-3-4(5)6-2;/h2*1,3H2,2H3;/q2*-1;. The van der Waals surface area contributed by atoms with E-state index in [-0.39, 0.29) is 57.5 Å². The molecule has 5 heteroatoms. The van der Waals surface area contributed by atoms with Gasteiger partial charge in [-0.3, -0.25) is 9.59 Å². The topological polar surface area (TPSA) is 52.6 Å². The zero-order valence-electron chi connectivity index (χ0n) is 8.04. The summed E-state index contributed by atoms with van der Waals surface area (Å²) in [5.41, 5.74) is 0. The fourth-order valence-electron chi connectivity index (χ4n) is 0.204. The Balaban J connectivity index is -0.000000143. The van der Waals surface area contributed by atoms with Gasteiger partial charge in [0.2, 0.25) is 0 Å². The predicted octanol–water partition coefficient (Wildman–Crippen LogP) is 0.765. The van der Waals surface area contributed by atoms with Crippen LogP contribution in [0.4, 0.5) is 0 Å². The quantitative estimate of drug-likeness (QED) is 0.545. The summed E-state index contributed by atoms with van der Waals surface area (Å²) in [5.74, 6) is -0.537. The third kappa shape index (κ3) is 18.8. The maximum atomic E-state index is 9.90. The number of esters is 2. The van der Waals surface area contributed by atoms with Gasteiger partial charge >= 0.3 is 0 Å². The van der Waals surface area contributed by atoms with Crippen molar-refractivity contribution in [3.05, 3.63) is 13.8 Å². The van der Waals surface area contributed by atoms with Gasteiger partial charge in [0.05, 0.1) is 14.2 Å². The van der Waals surface area contributed by atoms with Crippen LogP contribution in [-0.2, 0) is 51.8 Å². The number of ether oxygens (including phenoxy) is 2. The van der Waals surface area contributed by atoms with Crippen LogP contribution in [0.1, 0.15) is 12.8 Å². The summed E-state index contributed by atoms with van der Waals surface area (Å²) in [6, 6.07) is 0. The number of hydrogen-bond donors (Lipinski definition) is 0. The van der Waals surface area contributed by atoms with Crippen LogP contribution in [-0.4, -0.2) is 26.2 Å². The first-order valence-corrected chi connectivity index (χ1v) is 3.34. The van der Waals surface area contributed by atoms with Crippen LogP contribution >= 0.6 is 0 Å². The van der Waals surface area contributed by atoms with Crippen molar-refractivity contribution in [2.75, 3.05) is 14.2 Å². The molecular weight excluding hydrogens is 249 g/mol. The van der Waals surface area contributed by atoms with E-state index in [1.807, 2.05) is 0 Å². The molecule has 0 aromatic heterocycles. The summed E-state index contributed by atoms with van der Waals surface area (Å²) in [6.45, 7) is 6.56. The normalized spacial score (nSPS) is 7.08. The minimum atomic E-state index is -0.269. The van der Waals surface area contributed by atoms with Crippen molar-refractivity contribution in [1.82, 2.24) is 0 Å². The predicted molar refractivity (Wildman–Crippen MR) is 44.0 cm³/mol. The molecule has 0 fully saturated rings. The molecule has 0 aliphatic carbocycles. The largest absolute Gasteiger partial charge is 0.471 e. The fourth-order valence-corrected chi connectivity index (χ4v) is 0.204. The van der Waals surface area contributed by atoms with E-state index in [4.69, 9.17) is 0 Å². The molecule has 0 rings (SSSR count). The van der Waals surface area contributed by atoms with E-state index in [1.165, 1.54) is 14.2 Å². The monoisotopic (exact) mass is 263 g/mol. The van der Waals surface area contributed by atoms with Gasteiger partial charge in [-0.2, -0.15) is 0 Å². The molecule has 1 radical (unpaired) electrons. The number of carbonyl (C=O) groups is 2. The minimum Gasteiger partial charge on any atom is -0.471 e. The zero-order chi connectivity index (χ0) is 9.98. The van der Waals surface area contributed by atoms with Gasteiger partial charge in [-0.05, 0) is 0 Å². The molecule has 13 heavy (non-hydrogen) atoms. The van der Waals surface area contributed by atoms with E-state index in [1.54, 1.807) is 0 Å². The Hall–Kier alpha value is 0.0439. The van der Waals surface area contributed by atoms with Crippen LogP contribution < -0.4 is 0 Å². The van der Waals surface area contributed by atoms with Crippen LogP contribution in [0.25, 0.3) is 0 Å². The molecule has 0 amide bonds. The van der Waals surface area contributed by atoms with E-state index >= 15 is 0 Å². The van der Waals surface area contributed by atoms with Crippen molar-refractivity contribution in [2.45, 2.75) is 12.8 Å². The molecule has 0 aromatic rings. The van der Waals surface area contributed by atoms with E-state index in [2.05, 4.69) is 23.3 Å². The second-order valence-electron chi connectivity index (χ2n) is 1.65. The van der Waals surface area contributed by atoms with Gasteiger partial charge in [-0.15, -0.1) is 0 Å². The molecule has 4 nitrogen and oxygen atoms in total. The average Bonchev–Trinajstić information content (AvgIpc) is 2.16. The first-order chi connectivity index (χ1) is 5.62. The summed E-state index contributed by atoms with van der Waals surface area (Å²) in [6.07, 6.45) is 0.438. The van der Waals surface area contributed by atoms with Gasteiger partial charge in [0.1, 0.15) is 0 Å². The molecule has 0 unspecified atom stereocenters. The van der Waals surface area contributed by atoms with Gasteiger partial charge < -0.3 is 23.3 Å². The number of methoxy groups -OCH3 is 2. The third-order valence-corrected chi connectivity index (χ3v) is 0.864. The van der Waals surface area contributed by atoms with E-state index in [0.29, 0.717) is 0 Å². The van der Waals surface area contributed by atoms with E-state index in [0.717, 1.165) is 0 Å². The third-order valence-electron chi connectivity index (χ3n) is 0.864. The molecular formula is C8H14O4Y-2. The molecule has 0 heterocycles. The molecule has 75 valence electrons. The van der Waals surface area contributed by atoms with Crippen molar-refractivity contribution in [2.24, 2.45) is 0 Å². The average molecular weight is 263 g/mol. The first kappa shape index (κ1) is 18.8. The van der Waals surface area contributed by atoms with Crippen LogP contribution in [0, 0.1) is 13.8 Å². The molecule has 0 atom stereocenters. The number of hydrogen-bond acceptors (Lipinski definition) is 4. The van der Waals surface area contributed by atoms with Crippen molar-refractivity contribution < 1.29 is 51.8 Å². The van der Waals surface area contributed by atoms with E-state index < -0.39 is 0 Å². The smallest absolute Gasteiger partial charge is 0.275 e. The Morgan fingerprint density at radius 2 is 1.23 bits per heavy atom. The van der Waals surface area contributed by atoms with Gasteiger partial charge in [0.25, 0.3) is 11.9 Å². The Morgan fingerprint density at radius 3 is 1.23 bits per heavy atom. The summed E-state index contributed by atoms with van der Waals surface area (Å²) in [5, 5.41) is 0. The second kappa shape index (κ2) is 14.6. The Morgan fingerprint density at radius 1 is 1.00 bits per heavy atom. The van der Waals surface area contributed by atoms with Crippen molar-refractivity contribution in [3.8, 4) is 0 Å².